The van der Waals surface area contributed by atoms with Crippen molar-refractivity contribution < 1.29 is 14.3 Å². The zero-order valence-electron chi connectivity index (χ0n) is 16.9. The maximum Gasteiger partial charge on any atom is 0.251 e. The Morgan fingerprint density at radius 2 is 1.75 bits per heavy atom. The van der Waals surface area contributed by atoms with Crippen molar-refractivity contribution in [2.45, 2.75) is 46.6 Å². The molecule has 9 nitrogen and oxygen atoms in total. The first-order valence-corrected chi connectivity index (χ1v) is 9.54. The summed E-state index contributed by atoms with van der Waals surface area (Å²) >= 11 is 0. The van der Waals surface area contributed by atoms with Crippen LogP contribution in [-0.4, -0.2) is 69.5 Å². The predicted octanol–water partition coefficient (Wildman–Crippen LogP) is 0.495. The van der Waals surface area contributed by atoms with Crippen LogP contribution in [0.3, 0.4) is 0 Å². The molecule has 1 atom stereocenters. The molecule has 9 heteroatoms. The highest BCUT2D eigenvalue weighted by molar-refractivity contribution is 5.83. The van der Waals surface area contributed by atoms with E-state index in [9.17, 15) is 9.59 Å². The maximum atomic E-state index is 12.7. The molecule has 3 N–H and O–H groups in total. The lowest BCUT2D eigenvalue weighted by atomic mass is 10.1. The fraction of sp³-hybridized carbons (Fsp3) is 0.579. The molecule has 2 amide bonds. The second-order valence-electron chi connectivity index (χ2n) is 7.24. The highest BCUT2D eigenvalue weighted by atomic mass is 16.5. The second kappa shape index (κ2) is 8.55. The van der Waals surface area contributed by atoms with Crippen LogP contribution in [0.2, 0.25) is 0 Å². The van der Waals surface area contributed by atoms with Gasteiger partial charge in [-0.25, -0.2) is 0 Å². The number of carbonyl (C=O) groups is 2. The number of aryl methyl sites for hydroxylation is 4. The molecule has 152 valence electrons. The van der Waals surface area contributed by atoms with Gasteiger partial charge < -0.3 is 15.0 Å². The van der Waals surface area contributed by atoms with E-state index in [0.29, 0.717) is 26.1 Å². The minimum atomic E-state index is -0.643. The SMILES string of the molecule is Cc1n[nH]c(C)c1CCNC(=O)C1CN(C(=O)Cc2c(C)n[nH]c2C)CCO1. The zero-order chi connectivity index (χ0) is 20.3. The Kier molecular flexibility index (Phi) is 6.13. The molecule has 2 aromatic heterocycles. The Hall–Kier alpha value is -2.68. The fourth-order valence-electron chi connectivity index (χ4n) is 3.50. The van der Waals surface area contributed by atoms with Gasteiger partial charge in [0, 0.05) is 30.0 Å². The van der Waals surface area contributed by atoms with E-state index in [4.69, 9.17) is 4.74 Å². The molecule has 1 fully saturated rings. The third-order valence-corrected chi connectivity index (χ3v) is 5.28. The lowest BCUT2D eigenvalue weighted by Gasteiger charge is -2.32. The fourth-order valence-corrected chi connectivity index (χ4v) is 3.50. The van der Waals surface area contributed by atoms with E-state index in [2.05, 4.69) is 25.7 Å². The summed E-state index contributed by atoms with van der Waals surface area (Å²) < 4.78 is 5.60. The Labute approximate surface area is 164 Å². The van der Waals surface area contributed by atoms with Gasteiger partial charge in [-0.05, 0) is 39.7 Å². The summed E-state index contributed by atoms with van der Waals surface area (Å²) in [7, 11) is 0. The lowest BCUT2D eigenvalue weighted by molar-refractivity contribution is -0.146. The molecule has 1 aliphatic rings. The van der Waals surface area contributed by atoms with E-state index in [1.165, 1.54) is 0 Å². The molecule has 0 aliphatic carbocycles. The van der Waals surface area contributed by atoms with Gasteiger partial charge in [0.25, 0.3) is 5.91 Å². The second-order valence-corrected chi connectivity index (χ2v) is 7.24. The van der Waals surface area contributed by atoms with Crippen LogP contribution in [0.1, 0.15) is 33.9 Å². The molecular weight excluding hydrogens is 360 g/mol. The summed E-state index contributed by atoms with van der Waals surface area (Å²) in [5.74, 6) is -0.203. The number of aromatic nitrogens is 4. The van der Waals surface area contributed by atoms with Gasteiger partial charge in [0.15, 0.2) is 6.10 Å². The molecular formula is C19H28N6O3. The highest BCUT2D eigenvalue weighted by Crippen LogP contribution is 2.14. The first kappa shape index (κ1) is 20.1. The number of hydrogen-bond acceptors (Lipinski definition) is 5. The Balaban J connectivity index is 1.51. The normalized spacial score (nSPS) is 17.0. The zero-order valence-corrected chi connectivity index (χ0v) is 16.9. The molecule has 2 aromatic rings. The van der Waals surface area contributed by atoms with E-state index in [1.807, 2.05) is 27.7 Å². The van der Waals surface area contributed by atoms with Crippen molar-refractivity contribution in [3.05, 3.63) is 33.9 Å². The van der Waals surface area contributed by atoms with Crippen LogP contribution in [0, 0.1) is 27.7 Å². The molecule has 0 spiro atoms. The van der Waals surface area contributed by atoms with Gasteiger partial charge in [0.2, 0.25) is 5.91 Å². The van der Waals surface area contributed by atoms with Gasteiger partial charge in [-0.3, -0.25) is 19.8 Å². The van der Waals surface area contributed by atoms with Crippen molar-refractivity contribution in [1.82, 2.24) is 30.6 Å². The third-order valence-electron chi connectivity index (χ3n) is 5.28. The Morgan fingerprint density at radius 1 is 1.11 bits per heavy atom. The van der Waals surface area contributed by atoms with E-state index in [1.54, 1.807) is 4.90 Å². The summed E-state index contributed by atoms with van der Waals surface area (Å²) in [6.45, 7) is 9.31. The topological polar surface area (TPSA) is 116 Å². The molecule has 0 radical (unpaired) electrons. The van der Waals surface area contributed by atoms with Crippen molar-refractivity contribution in [2.24, 2.45) is 0 Å². The van der Waals surface area contributed by atoms with E-state index < -0.39 is 6.10 Å². The first-order chi connectivity index (χ1) is 13.4. The molecule has 3 rings (SSSR count). The number of carbonyl (C=O) groups excluding carboxylic acids is 2. The maximum absolute atomic E-state index is 12.7. The Morgan fingerprint density at radius 3 is 2.36 bits per heavy atom. The van der Waals surface area contributed by atoms with Crippen LogP contribution in [0.15, 0.2) is 0 Å². The van der Waals surface area contributed by atoms with E-state index >= 15 is 0 Å². The number of rotatable bonds is 6. The van der Waals surface area contributed by atoms with Crippen molar-refractivity contribution in [1.29, 1.82) is 0 Å². The molecule has 0 bridgehead atoms. The van der Waals surface area contributed by atoms with Crippen molar-refractivity contribution in [3.8, 4) is 0 Å². The molecule has 0 saturated carbocycles. The van der Waals surface area contributed by atoms with Gasteiger partial charge in [-0.15, -0.1) is 0 Å². The van der Waals surface area contributed by atoms with Gasteiger partial charge >= 0.3 is 0 Å². The molecule has 1 saturated heterocycles. The van der Waals surface area contributed by atoms with Crippen LogP contribution in [0.4, 0.5) is 0 Å². The summed E-state index contributed by atoms with van der Waals surface area (Å²) in [5.41, 5.74) is 5.73. The number of hydrogen-bond donors (Lipinski definition) is 3. The predicted molar refractivity (Wildman–Crippen MR) is 103 cm³/mol. The van der Waals surface area contributed by atoms with Crippen molar-refractivity contribution in [3.63, 3.8) is 0 Å². The summed E-state index contributed by atoms with van der Waals surface area (Å²) in [6.07, 6.45) is 0.339. The van der Waals surface area contributed by atoms with Gasteiger partial charge in [-0.2, -0.15) is 10.2 Å². The van der Waals surface area contributed by atoms with Crippen LogP contribution >= 0.6 is 0 Å². The molecule has 1 unspecified atom stereocenters. The summed E-state index contributed by atoms with van der Waals surface area (Å²) in [5, 5.41) is 17.0. The number of nitrogens with zero attached hydrogens (tertiary/aromatic N) is 3. The minimum absolute atomic E-state index is 0.0154. The summed E-state index contributed by atoms with van der Waals surface area (Å²) in [6, 6.07) is 0. The quantitative estimate of drug-likeness (QED) is 0.666. The van der Waals surface area contributed by atoms with Crippen molar-refractivity contribution >= 4 is 11.8 Å². The molecule has 0 aromatic carbocycles. The first-order valence-electron chi connectivity index (χ1n) is 9.54. The van der Waals surface area contributed by atoms with Crippen LogP contribution in [0.25, 0.3) is 0 Å². The standard InChI is InChI=1S/C19H28N6O3/c1-11-15(12(2)22-21-11)5-6-20-19(27)17-10-25(7-8-28-17)18(26)9-16-13(3)23-24-14(16)4/h17H,5-10H2,1-4H3,(H,20,27)(H,21,22)(H,23,24). The lowest BCUT2D eigenvalue weighted by Crippen LogP contribution is -2.52. The van der Waals surface area contributed by atoms with Gasteiger partial charge in [-0.1, -0.05) is 0 Å². The monoisotopic (exact) mass is 388 g/mol. The highest BCUT2D eigenvalue weighted by Gasteiger charge is 2.29. The van der Waals surface area contributed by atoms with Crippen LogP contribution in [-0.2, 0) is 27.2 Å². The van der Waals surface area contributed by atoms with E-state index in [-0.39, 0.29) is 24.8 Å². The number of morpholine rings is 1. The average Bonchev–Trinajstić information content (AvgIpc) is 3.18. The minimum Gasteiger partial charge on any atom is -0.365 e. The van der Waals surface area contributed by atoms with Gasteiger partial charge in [0.1, 0.15) is 0 Å². The average molecular weight is 388 g/mol. The number of H-pyrrole nitrogens is 2. The van der Waals surface area contributed by atoms with E-state index in [0.717, 1.165) is 33.9 Å². The number of aromatic amines is 2. The number of nitrogens with one attached hydrogen (secondary N) is 3. The molecule has 28 heavy (non-hydrogen) atoms. The third kappa shape index (κ3) is 4.41. The van der Waals surface area contributed by atoms with Crippen molar-refractivity contribution in [2.75, 3.05) is 26.2 Å². The molecule has 3 heterocycles. The van der Waals surface area contributed by atoms with Crippen LogP contribution in [0.5, 0.6) is 0 Å². The smallest absolute Gasteiger partial charge is 0.251 e. The summed E-state index contributed by atoms with van der Waals surface area (Å²) in [4.78, 5) is 26.8. The van der Waals surface area contributed by atoms with Gasteiger partial charge in [0.05, 0.1) is 31.0 Å². The number of amides is 2. The number of ether oxygens (including phenoxy) is 1. The largest absolute Gasteiger partial charge is 0.365 e. The molecule has 1 aliphatic heterocycles. The van der Waals surface area contributed by atoms with Crippen LogP contribution < -0.4 is 5.32 Å². The Bertz CT molecular complexity index is 817.